The maximum absolute atomic E-state index is 5.81. The summed E-state index contributed by atoms with van der Waals surface area (Å²) < 4.78 is 0.865. The fraction of sp³-hybridized carbons (Fsp3) is 0.600. The van der Waals surface area contributed by atoms with Crippen LogP contribution in [0.3, 0.4) is 0 Å². The van der Waals surface area contributed by atoms with Crippen LogP contribution in [0.25, 0.3) is 0 Å². The molecule has 3 N–H and O–H groups in total. The van der Waals surface area contributed by atoms with Crippen LogP contribution in [0.5, 0.6) is 0 Å². The minimum Gasteiger partial charge on any atom is -0.362 e. The molecule has 0 aromatic carbocycles. The SMILES string of the molecule is CCC(CC)(CN)Nc1ncncc1Br. The first-order chi connectivity index (χ1) is 7.17. The van der Waals surface area contributed by atoms with E-state index in [1.807, 2.05) is 0 Å². The molecular formula is C10H17BrN4. The largest absolute Gasteiger partial charge is 0.362 e. The Bertz CT molecular complexity index is 304. The number of hydrogen-bond acceptors (Lipinski definition) is 4. The molecule has 0 aliphatic heterocycles. The average Bonchev–Trinajstić information content (AvgIpc) is 2.29. The highest BCUT2D eigenvalue weighted by atomic mass is 79.9. The minimum absolute atomic E-state index is 0.0725. The number of nitrogens with zero attached hydrogens (tertiary/aromatic N) is 2. The van der Waals surface area contributed by atoms with Crippen LogP contribution >= 0.6 is 15.9 Å². The molecule has 1 heterocycles. The Hall–Kier alpha value is -0.680. The van der Waals surface area contributed by atoms with E-state index in [-0.39, 0.29) is 5.54 Å². The zero-order chi connectivity index (χ0) is 11.3. The molecule has 1 aromatic heterocycles. The molecule has 0 aliphatic carbocycles. The summed E-state index contributed by atoms with van der Waals surface area (Å²) in [5, 5.41) is 3.39. The maximum atomic E-state index is 5.81. The minimum atomic E-state index is -0.0725. The lowest BCUT2D eigenvalue weighted by Gasteiger charge is -2.32. The second-order valence-corrected chi connectivity index (χ2v) is 4.39. The molecule has 84 valence electrons. The summed E-state index contributed by atoms with van der Waals surface area (Å²) in [6, 6.07) is 0. The third-order valence-electron chi connectivity index (χ3n) is 2.80. The highest BCUT2D eigenvalue weighted by molar-refractivity contribution is 9.10. The first-order valence-electron chi connectivity index (χ1n) is 5.11. The highest BCUT2D eigenvalue weighted by Crippen LogP contribution is 2.24. The topological polar surface area (TPSA) is 63.8 Å². The van der Waals surface area contributed by atoms with E-state index in [1.165, 1.54) is 6.33 Å². The highest BCUT2D eigenvalue weighted by Gasteiger charge is 2.25. The van der Waals surface area contributed by atoms with Crippen molar-refractivity contribution < 1.29 is 0 Å². The summed E-state index contributed by atoms with van der Waals surface area (Å²) in [5.74, 6) is 0.805. The first kappa shape index (κ1) is 12.4. The van der Waals surface area contributed by atoms with Crippen molar-refractivity contribution in [3.8, 4) is 0 Å². The zero-order valence-electron chi connectivity index (χ0n) is 9.13. The van der Waals surface area contributed by atoms with Crippen LogP contribution in [0.2, 0.25) is 0 Å². The molecule has 15 heavy (non-hydrogen) atoms. The van der Waals surface area contributed by atoms with Gasteiger partial charge in [0.15, 0.2) is 0 Å². The summed E-state index contributed by atoms with van der Waals surface area (Å²) >= 11 is 3.41. The molecule has 0 fully saturated rings. The van der Waals surface area contributed by atoms with Gasteiger partial charge in [0.2, 0.25) is 0 Å². The van der Waals surface area contributed by atoms with Crippen LogP contribution in [0.15, 0.2) is 17.0 Å². The summed E-state index contributed by atoms with van der Waals surface area (Å²) in [7, 11) is 0. The average molecular weight is 273 g/mol. The maximum Gasteiger partial charge on any atom is 0.144 e. The Balaban J connectivity index is 2.88. The van der Waals surface area contributed by atoms with Gasteiger partial charge in [-0.3, -0.25) is 0 Å². The molecule has 1 rings (SSSR count). The molecule has 0 spiro atoms. The van der Waals surface area contributed by atoms with Gasteiger partial charge in [0.05, 0.1) is 10.0 Å². The van der Waals surface area contributed by atoms with E-state index in [4.69, 9.17) is 5.73 Å². The zero-order valence-corrected chi connectivity index (χ0v) is 10.7. The van der Waals surface area contributed by atoms with Gasteiger partial charge in [0, 0.05) is 12.7 Å². The molecular weight excluding hydrogens is 256 g/mol. The summed E-state index contributed by atoms with van der Waals surface area (Å²) in [6.45, 7) is 4.84. The van der Waals surface area contributed by atoms with Crippen molar-refractivity contribution in [2.75, 3.05) is 11.9 Å². The van der Waals surface area contributed by atoms with Gasteiger partial charge >= 0.3 is 0 Å². The predicted molar refractivity (Wildman–Crippen MR) is 65.7 cm³/mol. The third kappa shape index (κ3) is 2.89. The molecule has 1 aromatic rings. The number of nitrogens with two attached hydrogens (primary N) is 1. The molecule has 4 nitrogen and oxygen atoms in total. The van der Waals surface area contributed by atoms with Gasteiger partial charge in [-0.15, -0.1) is 0 Å². The van der Waals surface area contributed by atoms with E-state index in [9.17, 15) is 0 Å². The lowest BCUT2D eigenvalue weighted by molar-refractivity contribution is 0.443. The quantitative estimate of drug-likeness (QED) is 0.863. The van der Waals surface area contributed by atoms with Crippen molar-refractivity contribution in [3.63, 3.8) is 0 Å². The second kappa shape index (κ2) is 5.42. The number of aromatic nitrogens is 2. The Kier molecular flexibility index (Phi) is 4.47. The van der Waals surface area contributed by atoms with Crippen LogP contribution in [0, 0.1) is 0 Å². The fourth-order valence-electron chi connectivity index (χ4n) is 1.42. The van der Waals surface area contributed by atoms with Crippen LogP contribution in [0.4, 0.5) is 5.82 Å². The molecule has 0 saturated carbocycles. The molecule has 0 atom stereocenters. The monoisotopic (exact) mass is 272 g/mol. The van der Waals surface area contributed by atoms with E-state index in [1.54, 1.807) is 6.20 Å². The van der Waals surface area contributed by atoms with Crippen LogP contribution in [-0.4, -0.2) is 22.1 Å². The Morgan fingerprint density at radius 2 is 2.13 bits per heavy atom. The Morgan fingerprint density at radius 3 is 2.60 bits per heavy atom. The lowest BCUT2D eigenvalue weighted by atomic mass is 9.93. The number of nitrogens with one attached hydrogen (secondary N) is 1. The molecule has 0 aliphatic rings. The normalized spacial score (nSPS) is 11.5. The van der Waals surface area contributed by atoms with Gasteiger partial charge in [-0.2, -0.15) is 0 Å². The van der Waals surface area contributed by atoms with Gasteiger partial charge in [-0.05, 0) is 28.8 Å². The van der Waals surface area contributed by atoms with E-state index in [0.717, 1.165) is 23.1 Å². The lowest BCUT2D eigenvalue weighted by Crippen LogP contribution is -2.44. The van der Waals surface area contributed by atoms with Gasteiger partial charge in [0.1, 0.15) is 12.1 Å². The van der Waals surface area contributed by atoms with Crippen LogP contribution < -0.4 is 11.1 Å². The van der Waals surface area contributed by atoms with Crippen molar-refractivity contribution in [1.82, 2.24) is 9.97 Å². The predicted octanol–water partition coefficient (Wildman–Crippen LogP) is 2.17. The van der Waals surface area contributed by atoms with Crippen molar-refractivity contribution >= 4 is 21.7 Å². The van der Waals surface area contributed by atoms with Gasteiger partial charge in [-0.25, -0.2) is 9.97 Å². The van der Waals surface area contributed by atoms with E-state index in [0.29, 0.717) is 6.54 Å². The molecule has 0 bridgehead atoms. The number of anilines is 1. The standard InChI is InChI=1S/C10H17BrN4/c1-3-10(4-2,6-12)15-9-8(11)5-13-7-14-9/h5,7H,3-4,6,12H2,1-2H3,(H,13,14,15). The third-order valence-corrected chi connectivity index (χ3v) is 3.38. The van der Waals surface area contributed by atoms with Crippen LogP contribution in [-0.2, 0) is 0 Å². The van der Waals surface area contributed by atoms with E-state index >= 15 is 0 Å². The van der Waals surface area contributed by atoms with Gasteiger partial charge in [-0.1, -0.05) is 13.8 Å². The van der Waals surface area contributed by atoms with Crippen LogP contribution in [0.1, 0.15) is 26.7 Å². The summed E-state index contributed by atoms with van der Waals surface area (Å²) in [4.78, 5) is 8.11. The number of hydrogen-bond donors (Lipinski definition) is 2. The summed E-state index contributed by atoms with van der Waals surface area (Å²) in [6.07, 6.45) is 5.19. The van der Waals surface area contributed by atoms with Crippen molar-refractivity contribution in [1.29, 1.82) is 0 Å². The van der Waals surface area contributed by atoms with Crippen molar-refractivity contribution in [2.45, 2.75) is 32.2 Å². The van der Waals surface area contributed by atoms with E-state index < -0.39 is 0 Å². The fourth-order valence-corrected chi connectivity index (χ4v) is 1.74. The molecule has 0 amide bonds. The van der Waals surface area contributed by atoms with Crippen molar-refractivity contribution in [2.24, 2.45) is 5.73 Å². The second-order valence-electron chi connectivity index (χ2n) is 3.54. The molecule has 0 radical (unpaired) electrons. The number of halogens is 1. The van der Waals surface area contributed by atoms with Crippen molar-refractivity contribution in [3.05, 3.63) is 17.0 Å². The smallest absolute Gasteiger partial charge is 0.144 e. The summed E-state index contributed by atoms with van der Waals surface area (Å²) in [5.41, 5.74) is 5.73. The van der Waals surface area contributed by atoms with Gasteiger partial charge in [0.25, 0.3) is 0 Å². The Morgan fingerprint density at radius 1 is 1.47 bits per heavy atom. The number of rotatable bonds is 5. The van der Waals surface area contributed by atoms with Gasteiger partial charge < -0.3 is 11.1 Å². The molecule has 0 saturated heterocycles. The first-order valence-corrected chi connectivity index (χ1v) is 5.90. The molecule has 5 heteroatoms. The van der Waals surface area contributed by atoms with E-state index in [2.05, 4.69) is 45.1 Å². The molecule has 0 unspecified atom stereocenters. The Labute approximate surface area is 98.8 Å².